The highest BCUT2D eigenvalue weighted by Crippen LogP contribution is 2.34. The van der Waals surface area contributed by atoms with Gasteiger partial charge in [0.25, 0.3) is 5.91 Å². The Morgan fingerprint density at radius 1 is 1.38 bits per heavy atom. The molecule has 1 amide bonds. The van der Waals surface area contributed by atoms with Crippen LogP contribution >= 0.6 is 23.3 Å². The van der Waals surface area contributed by atoms with Gasteiger partial charge in [-0.05, 0) is 24.4 Å². The summed E-state index contributed by atoms with van der Waals surface area (Å²) in [6, 6.07) is -0.754. The fraction of sp³-hybridized carbons (Fsp3) is 0.692. The molecule has 0 radical (unpaired) electrons. The third-order valence-corrected chi connectivity index (χ3v) is 5.50. The number of amides is 1. The van der Waals surface area contributed by atoms with E-state index in [1.807, 2.05) is 13.8 Å². The van der Waals surface area contributed by atoms with Crippen molar-refractivity contribution in [3.8, 4) is 0 Å². The number of nitrogens with zero attached hydrogens (tertiary/aromatic N) is 3. The number of carboxylic acids is 1. The molecule has 0 aliphatic carbocycles. The highest BCUT2D eigenvalue weighted by molar-refractivity contribution is 8.00. The van der Waals surface area contributed by atoms with Gasteiger partial charge >= 0.3 is 5.97 Å². The number of rotatable bonds is 6. The van der Waals surface area contributed by atoms with E-state index in [1.54, 1.807) is 11.8 Å². The van der Waals surface area contributed by atoms with Crippen molar-refractivity contribution in [2.24, 2.45) is 0 Å². The lowest BCUT2D eigenvalue weighted by Crippen LogP contribution is -2.45. The van der Waals surface area contributed by atoms with Gasteiger partial charge in [0.1, 0.15) is 10.9 Å². The number of carbonyl (C=O) groups excluding carboxylic acids is 1. The smallest absolute Gasteiger partial charge is 0.327 e. The number of thioether (sulfide) groups is 1. The lowest BCUT2D eigenvalue weighted by atomic mass is 10.2. The number of aromatic nitrogens is 2. The minimum absolute atomic E-state index is 0.0693. The Labute approximate surface area is 132 Å². The molecule has 1 aromatic heterocycles. The van der Waals surface area contributed by atoms with Crippen molar-refractivity contribution < 1.29 is 14.7 Å². The van der Waals surface area contributed by atoms with Gasteiger partial charge < -0.3 is 10.0 Å². The van der Waals surface area contributed by atoms with Crippen molar-refractivity contribution >= 4 is 35.2 Å². The van der Waals surface area contributed by atoms with E-state index < -0.39 is 12.0 Å². The average Bonchev–Trinajstić information content (AvgIpc) is 3.05. The minimum Gasteiger partial charge on any atom is -0.480 e. The molecule has 2 rings (SSSR count). The molecule has 116 valence electrons. The van der Waals surface area contributed by atoms with Gasteiger partial charge in [-0.2, -0.15) is 0 Å². The van der Waals surface area contributed by atoms with E-state index in [9.17, 15) is 14.7 Å². The summed E-state index contributed by atoms with van der Waals surface area (Å²) in [5.41, 5.74) is 0.684. The van der Waals surface area contributed by atoms with Gasteiger partial charge in [0.15, 0.2) is 0 Å². The van der Waals surface area contributed by atoms with E-state index in [4.69, 9.17) is 0 Å². The van der Waals surface area contributed by atoms with E-state index in [2.05, 4.69) is 9.59 Å². The van der Waals surface area contributed by atoms with Crippen LogP contribution in [-0.4, -0.2) is 48.6 Å². The van der Waals surface area contributed by atoms with Crippen molar-refractivity contribution in [3.63, 3.8) is 0 Å². The molecule has 0 saturated carbocycles. The van der Waals surface area contributed by atoms with Crippen molar-refractivity contribution in [2.75, 3.05) is 5.75 Å². The molecular weight excluding hydrogens is 310 g/mol. The quantitative estimate of drug-likeness (QED) is 0.862. The Balaban J connectivity index is 2.27. The SMILES string of the molecule is CCCc1nnsc1C(=O)N1C(CCC)SCC1C(=O)O. The van der Waals surface area contributed by atoms with Gasteiger partial charge in [0, 0.05) is 5.75 Å². The number of aliphatic carboxylic acids is 1. The van der Waals surface area contributed by atoms with Crippen LogP contribution in [0, 0.1) is 0 Å². The van der Waals surface area contributed by atoms with Crippen LogP contribution in [0.2, 0.25) is 0 Å². The van der Waals surface area contributed by atoms with Gasteiger partial charge in [-0.1, -0.05) is 31.2 Å². The van der Waals surface area contributed by atoms with Crippen LogP contribution in [0.1, 0.15) is 48.5 Å². The molecule has 21 heavy (non-hydrogen) atoms. The Morgan fingerprint density at radius 3 is 2.76 bits per heavy atom. The third kappa shape index (κ3) is 3.37. The lowest BCUT2D eigenvalue weighted by molar-refractivity contribution is -0.141. The van der Waals surface area contributed by atoms with Crippen LogP contribution in [0.5, 0.6) is 0 Å². The van der Waals surface area contributed by atoms with Crippen molar-refractivity contribution in [2.45, 2.75) is 50.9 Å². The van der Waals surface area contributed by atoms with Crippen LogP contribution in [-0.2, 0) is 11.2 Å². The molecule has 6 nitrogen and oxygen atoms in total. The predicted octanol–water partition coefficient (Wildman–Crippen LogP) is 2.26. The fourth-order valence-corrected chi connectivity index (χ4v) is 4.55. The zero-order chi connectivity index (χ0) is 15.4. The van der Waals surface area contributed by atoms with E-state index >= 15 is 0 Å². The summed E-state index contributed by atoms with van der Waals surface area (Å²) in [7, 11) is 0. The van der Waals surface area contributed by atoms with E-state index in [0.717, 1.165) is 30.8 Å². The normalized spacial score (nSPS) is 21.7. The molecule has 0 spiro atoms. The average molecular weight is 329 g/mol. The molecule has 0 aromatic carbocycles. The van der Waals surface area contributed by atoms with Crippen molar-refractivity contribution in [1.29, 1.82) is 0 Å². The second-order valence-electron chi connectivity index (χ2n) is 4.94. The monoisotopic (exact) mass is 329 g/mol. The van der Waals surface area contributed by atoms with Crippen molar-refractivity contribution in [3.05, 3.63) is 10.6 Å². The van der Waals surface area contributed by atoms with Crippen molar-refractivity contribution in [1.82, 2.24) is 14.5 Å². The molecule has 1 aliphatic rings. The first kappa shape index (κ1) is 16.2. The number of carboxylic acid groups (broad SMARTS) is 1. The summed E-state index contributed by atoms with van der Waals surface area (Å²) < 4.78 is 3.86. The van der Waals surface area contributed by atoms with Gasteiger partial charge in [-0.15, -0.1) is 16.9 Å². The zero-order valence-corrected chi connectivity index (χ0v) is 13.7. The molecule has 0 bridgehead atoms. The van der Waals surface area contributed by atoms with Gasteiger partial charge in [-0.25, -0.2) is 4.79 Å². The van der Waals surface area contributed by atoms with Crippen LogP contribution < -0.4 is 0 Å². The largest absolute Gasteiger partial charge is 0.480 e. The maximum Gasteiger partial charge on any atom is 0.327 e. The molecule has 8 heteroatoms. The summed E-state index contributed by atoms with van der Waals surface area (Å²) in [6.45, 7) is 4.05. The molecule has 1 aromatic rings. The number of carbonyl (C=O) groups is 2. The number of aryl methyl sites for hydroxylation is 1. The van der Waals surface area contributed by atoms with Gasteiger partial charge in [0.05, 0.1) is 11.1 Å². The molecule has 1 saturated heterocycles. The van der Waals surface area contributed by atoms with Gasteiger partial charge in [0.2, 0.25) is 0 Å². The van der Waals surface area contributed by atoms with Crippen LogP contribution in [0.4, 0.5) is 0 Å². The van der Waals surface area contributed by atoms with E-state index in [0.29, 0.717) is 22.7 Å². The highest BCUT2D eigenvalue weighted by atomic mass is 32.2. The molecule has 2 atom stereocenters. The molecule has 2 unspecified atom stereocenters. The Morgan fingerprint density at radius 2 is 2.14 bits per heavy atom. The molecule has 1 aliphatic heterocycles. The highest BCUT2D eigenvalue weighted by Gasteiger charge is 2.42. The first-order chi connectivity index (χ1) is 10.1. The second-order valence-corrected chi connectivity index (χ2v) is 6.91. The predicted molar refractivity (Wildman–Crippen MR) is 82.7 cm³/mol. The summed E-state index contributed by atoms with van der Waals surface area (Å²) >= 11 is 2.61. The summed E-state index contributed by atoms with van der Waals surface area (Å²) in [6.07, 6.45) is 3.28. The summed E-state index contributed by atoms with van der Waals surface area (Å²) in [5.74, 6) is -0.727. The molecule has 1 N–H and O–H groups in total. The summed E-state index contributed by atoms with van der Waals surface area (Å²) in [5, 5.41) is 13.3. The fourth-order valence-electron chi connectivity index (χ4n) is 2.38. The Bertz CT molecular complexity index is 521. The maximum absolute atomic E-state index is 12.8. The summed E-state index contributed by atoms with van der Waals surface area (Å²) in [4.78, 5) is 26.2. The Kier molecular flexibility index (Phi) is 5.58. The van der Waals surface area contributed by atoms with Crippen LogP contribution in [0.25, 0.3) is 0 Å². The lowest BCUT2D eigenvalue weighted by Gasteiger charge is -2.26. The van der Waals surface area contributed by atoms with Gasteiger partial charge in [-0.3, -0.25) is 4.79 Å². The zero-order valence-electron chi connectivity index (χ0n) is 12.1. The van der Waals surface area contributed by atoms with E-state index in [1.165, 1.54) is 4.90 Å². The van der Waals surface area contributed by atoms with Crippen LogP contribution in [0.3, 0.4) is 0 Å². The maximum atomic E-state index is 12.8. The van der Waals surface area contributed by atoms with Crippen LogP contribution in [0.15, 0.2) is 0 Å². The third-order valence-electron chi connectivity index (χ3n) is 3.38. The Hall–Kier alpha value is -1.15. The first-order valence-corrected chi connectivity index (χ1v) is 8.90. The molecular formula is C13H19N3O3S2. The first-order valence-electron chi connectivity index (χ1n) is 7.08. The topological polar surface area (TPSA) is 83.4 Å². The molecule has 1 fully saturated rings. The molecule has 2 heterocycles. The standard InChI is InChI=1S/C13H19N3O3S2/c1-3-5-8-11(21-15-14-8)12(17)16-9(13(18)19)7-20-10(16)6-4-2/h9-10H,3-7H2,1-2H3,(H,18,19). The minimum atomic E-state index is -0.941. The number of hydrogen-bond donors (Lipinski definition) is 1. The van der Waals surface area contributed by atoms with E-state index in [-0.39, 0.29) is 11.3 Å². The second kappa shape index (κ2) is 7.22. The number of hydrogen-bond acceptors (Lipinski definition) is 6.